The Morgan fingerprint density at radius 2 is 1.66 bits per heavy atom. The third-order valence-electron chi connectivity index (χ3n) is 5.46. The average molecular weight is 472 g/mol. The lowest BCUT2D eigenvalue weighted by Crippen LogP contribution is -2.49. The van der Waals surface area contributed by atoms with Crippen molar-refractivity contribution < 1.29 is 14.0 Å². The van der Waals surface area contributed by atoms with E-state index in [2.05, 4.69) is 11.4 Å². The highest BCUT2D eigenvalue weighted by Gasteiger charge is 2.34. The molecule has 0 heterocycles. The van der Waals surface area contributed by atoms with Crippen molar-refractivity contribution >= 4 is 11.8 Å². The Balaban J connectivity index is 2.18. The second-order valence-electron chi connectivity index (χ2n) is 9.78. The summed E-state index contributed by atoms with van der Waals surface area (Å²) >= 11 is 0. The second kappa shape index (κ2) is 10.5. The number of nitrogens with zero attached hydrogens (tertiary/aromatic N) is 2. The predicted molar refractivity (Wildman–Crippen MR) is 134 cm³/mol. The first-order valence-corrected chi connectivity index (χ1v) is 11.4. The van der Waals surface area contributed by atoms with E-state index < -0.39 is 29.2 Å². The first-order valence-electron chi connectivity index (χ1n) is 11.4. The molecule has 3 aromatic rings. The molecule has 0 aliphatic carbocycles. The zero-order chi connectivity index (χ0) is 25.8. The molecule has 3 rings (SSSR count). The van der Waals surface area contributed by atoms with Gasteiger partial charge in [-0.1, -0.05) is 53.6 Å². The number of rotatable bonds is 6. The average Bonchev–Trinajstić information content (AvgIpc) is 2.79. The summed E-state index contributed by atoms with van der Waals surface area (Å²) in [6.45, 7) is 9.39. The summed E-state index contributed by atoms with van der Waals surface area (Å²) in [4.78, 5) is 28.9. The van der Waals surface area contributed by atoms with Crippen molar-refractivity contribution in [3.8, 4) is 6.07 Å². The van der Waals surface area contributed by atoms with Crippen molar-refractivity contribution in [2.24, 2.45) is 0 Å². The fraction of sp³-hybridized carbons (Fsp3) is 0.276. The van der Waals surface area contributed by atoms with E-state index in [9.17, 15) is 19.2 Å². The number of aryl methyl sites for hydroxylation is 2. The van der Waals surface area contributed by atoms with Crippen molar-refractivity contribution in [2.75, 3.05) is 0 Å². The topological polar surface area (TPSA) is 73.2 Å². The molecular weight excluding hydrogens is 441 g/mol. The van der Waals surface area contributed by atoms with E-state index in [0.29, 0.717) is 11.1 Å². The van der Waals surface area contributed by atoms with Crippen LogP contribution in [0, 0.1) is 31.0 Å². The number of halogens is 1. The Morgan fingerprint density at radius 3 is 2.26 bits per heavy atom. The smallest absolute Gasteiger partial charge is 0.258 e. The molecule has 0 saturated carbocycles. The van der Waals surface area contributed by atoms with Crippen LogP contribution in [0.25, 0.3) is 0 Å². The molecule has 0 spiro atoms. The molecule has 0 saturated heterocycles. The zero-order valence-electron chi connectivity index (χ0n) is 20.7. The summed E-state index contributed by atoms with van der Waals surface area (Å²) in [5, 5.41) is 12.2. The molecule has 3 aromatic carbocycles. The Kier molecular flexibility index (Phi) is 7.71. The van der Waals surface area contributed by atoms with Crippen molar-refractivity contribution in [2.45, 2.75) is 52.7 Å². The van der Waals surface area contributed by atoms with Gasteiger partial charge in [-0.2, -0.15) is 5.26 Å². The standard InChI is InChI=1S/C29H30FN3O2/c1-19-7-6-8-22(15-19)18-33(28(35)24-16-20(2)9-14-25(24)30)26(27(34)32-29(3,4)5)23-12-10-21(17-31)11-13-23/h6-16,26H,18H2,1-5H3,(H,32,34). The Labute approximate surface area is 206 Å². The number of hydrogen-bond acceptors (Lipinski definition) is 3. The lowest BCUT2D eigenvalue weighted by molar-refractivity contribution is -0.127. The number of carbonyl (C=O) groups excluding carboxylic acids is 2. The SMILES string of the molecule is Cc1cccc(CN(C(=O)c2cc(C)ccc2F)C(C(=O)NC(C)(C)C)c2ccc(C#N)cc2)c1. The van der Waals surface area contributed by atoms with Crippen LogP contribution in [0.1, 0.15) is 65.0 Å². The Morgan fingerprint density at radius 1 is 1.00 bits per heavy atom. The second-order valence-corrected chi connectivity index (χ2v) is 9.78. The van der Waals surface area contributed by atoms with E-state index in [1.807, 2.05) is 52.0 Å². The van der Waals surface area contributed by atoms with Crippen LogP contribution < -0.4 is 5.32 Å². The highest BCUT2D eigenvalue weighted by molar-refractivity contribution is 5.98. The minimum atomic E-state index is -1.05. The molecule has 0 aromatic heterocycles. The van der Waals surface area contributed by atoms with Gasteiger partial charge in [0.1, 0.15) is 11.9 Å². The molecule has 180 valence electrons. The molecule has 0 aliphatic rings. The molecule has 1 unspecified atom stereocenters. The van der Waals surface area contributed by atoms with Gasteiger partial charge in [-0.15, -0.1) is 0 Å². The number of nitrogens with one attached hydrogen (secondary N) is 1. The molecular formula is C29H30FN3O2. The summed E-state index contributed by atoms with van der Waals surface area (Å²) in [5.41, 5.74) is 2.86. The first-order chi connectivity index (χ1) is 16.5. The molecule has 35 heavy (non-hydrogen) atoms. The Hall–Kier alpha value is -3.98. The van der Waals surface area contributed by atoms with Crippen LogP contribution in [0.2, 0.25) is 0 Å². The van der Waals surface area contributed by atoms with Crippen molar-refractivity contribution in [1.82, 2.24) is 10.2 Å². The maximum atomic E-state index is 14.8. The number of nitriles is 1. The van der Waals surface area contributed by atoms with Crippen LogP contribution in [-0.2, 0) is 11.3 Å². The predicted octanol–water partition coefficient (Wildman–Crippen LogP) is 5.61. The minimum absolute atomic E-state index is 0.0934. The summed E-state index contributed by atoms with van der Waals surface area (Å²) in [6, 6.07) is 19.6. The van der Waals surface area contributed by atoms with Crippen LogP contribution in [0.15, 0.2) is 66.7 Å². The molecule has 0 radical (unpaired) electrons. The summed E-state index contributed by atoms with van der Waals surface area (Å²) in [7, 11) is 0. The monoisotopic (exact) mass is 471 g/mol. The van der Waals surface area contributed by atoms with Gasteiger partial charge in [-0.25, -0.2) is 4.39 Å². The fourth-order valence-electron chi connectivity index (χ4n) is 3.90. The highest BCUT2D eigenvalue weighted by Crippen LogP contribution is 2.28. The highest BCUT2D eigenvalue weighted by atomic mass is 19.1. The van der Waals surface area contributed by atoms with Crippen LogP contribution in [0.4, 0.5) is 4.39 Å². The fourth-order valence-corrected chi connectivity index (χ4v) is 3.90. The van der Waals surface area contributed by atoms with E-state index >= 15 is 0 Å². The van der Waals surface area contributed by atoms with Gasteiger partial charge in [0.15, 0.2) is 0 Å². The van der Waals surface area contributed by atoms with Gasteiger partial charge in [0.2, 0.25) is 5.91 Å². The van der Waals surface area contributed by atoms with Gasteiger partial charge in [-0.3, -0.25) is 9.59 Å². The molecule has 0 aliphatic heterocycles. The van der Waals surface area contributed by atoms with Gasteiger partial charge in [0, 0.05) is 12.1 Å². The number of amides is 2. The van der Waals surface area contributed by atoms with Crippen LogP contribution in [0.3, 0.4) is 0 Å². The molecule has 0 fully saturated rings. The molecule has 1 N–H and O–H groups in total. The van der Waals surface area contributed by atoms with Crippen molar-refractivity contribution in [3.05, 3.63) is 106 Å². The minimum Gasteiger partial charge on any atom is -0.349 e. The summed E-state index contributed by atoms with van der Waals surface area (Å²) in [6.07, 6.45) is 0. The summed E-state index contributed by atoms with van der Waals surface area (Å²) < 4.78 is 14.8. The van der Waals surface area contributed by atoms with Crippen LogP contribution >= 0.6 is 0 Å². The number of carbonyl (C=O) groups is 2. The molecule has 2 amide bonds. The van der Waals surface area contributed by atoms with Crippen molar-refractivity contribution in [3.63, 3.8) is 0 Å². The molecule has 6 heteroatoms. The third-order valence-corrected chi connectivity index (χ3v) is 5.46. The maximum absolute atomic E-state index is 14.8. The van der Waals surface area contributed by atoms with Gasteiger partial charge in [0.05, 0.1) is 17.2 Å². The lowest BCUT2D eigenvalue weighted by atomic mass is 9.98. The lowest BCUT2D eigenvalue weighted by Gasteiger charge is -2.34. The normalized spacial score (nSPS) is 11.9. The molecule has 0 bridgehead atoms. The molecule has 5 nitrogen and oxygen atoms in total. The van der Waals surface area contributed by atoms with E-state index in [1.54, 1.807) is 37.3 Å². The van der Waals surface area contributed by atoms with E-state index in [1.165, 1.54) is 17.0 Å². The number of benzene rings is 3. The van der Waals surface area contributed by atoms with Crippen molar-refractivity contribution in [1.29, 1.82) is 5.26 Å². The quantitative estimate of drug-likeness (QED) is 0.508. The van der Waals surface area contributed by atoms with Gasteiger partial charge < -0.3 is 10.2 Å². The summed E-state index contributed by atoms with van der Waals surface area (Å²) in [5.74, 6) is -1.63. The van der Waals surface area contributed by atoms with E-state index in [-0.39, 0.29) is 12.1 Å². The zero-order valence-corrected chi connectivity index (χ0v) is 20.7. The molecule has 1 atom stereocenters. The van der Waals surface area contributed by atoms with E-state index in [0.717, 1.165) is 16.7 Å². The van der Waals surface area contributed by atoms with Crippen LogP contribution in [-0.4, -0.2) is 22.3 Å². The van der Waals surface area contributed by atoms with Crippen LogP contribution in [0.5, 0.6) is 0 Å². The van der Waals surface area contributed by atoms with E-state index in [4.69, 9.17) is 0 Å². The largest absolute Gasteiger partial charge is 0.349 e. The van der Waals surface area contributed by atoms with Gasteiger partial charge >= 0.3 is 0 Å². The third kappa shape index (κ3) is 6.54. The maximum Gasteiger partial charge on any atom is 0.258 e. The number of hydrogen-bond donors (Lipinski definition) is 1. The first kappa shape index (κ1) is 25.6. The van der Waals surface area contributed by atoms with Gasteiger partial charge in [0.25, 0.3) is 5.91 Å². The Bertz CT molecular complexity index is 1270. The van der Waals surface area contributed by atoms with Gasteiger partial charge in [-0.05, 0) is 70.0 Å².